The Hall–Kier alpha value is -0.280. The van der Waals surface area contributed by atoms with E-state index in [0.29, 0.717) is 0 Å². The zero-order valence-corrected chi connectivity index (χ0v) is 6.36. The number of rotatable bonds is 2. The summed E-state index contributed by atoms with van der Waals surface area (Å²) in [6, 6.07) is 0. The fourth-order valence-corrected chi connectivity index (χ4v) is 0.426. The van der Waals surface area contributed by atoms with E-state index in [2.05, 4.69) is 0 Å². The third kappa shape index (κ3) is 11.3. The van der Waals surface area contributed by atoms with Crippen LogP contribution in [0, 0.1) is 0 Å². The van der Waals surface area contributed by atoms with Crippen LogP contribution in [0.4, 0.5) is 0 Å². The molecule has 0 saturated carbocycles. The van der Waals surface area contributed by atoms with Crippen molar-refractivity contribution in [3.05, 3.63) is 0 Å². The summed E-state index contributed by atoms with van der Waals surface area (Å²) in [5.41, 5.74) is 3.83. The van der Waals surface area contributed by atoms with E-state index in [1.54, 1.807) is 0 Å². The van der Waals surface area contributed by atoms with E-state index >= 15 is 0 Å². The second-order valence-corrected chi connectivity index (χ2v) is 2.46. The van der Waals surface area contributed by atoms with E-state index < -0.39 is 11.5 Å². The maximum atomic E-state index is 10.1. The summed E-state index contributed by atoms with van der Waals surface area (Å²) in [4.78, 5) is 10.1. The van der Waals surface area contributed by atoms with Gasteiger partial charge in [0.2, 0.25) is 5.91 Å². The Balaban J connectivity index is 0. The molecule has 0 aromatic carbocycles. The average molecular weight is 154 g/mol. The molecule has 9 heavy (non-hydrogen) atoms. The lowest BCUT2D eigenvalue weighted by atomic mass is 10.1. The quantitative estimate of drug-likeness (QED) is 0.589. The Labute approximate surface area is 60.6 Å². The minimum atomic E-state index is -0.953. The number of aliphatic hydroxyl groups is 1. The molecule has 0 fully saturated rings. The summed E-state index contributed by atoms with van der Waals surface area (Å²) in [5, 5.41) is 8.89. The van der Waals surface area contributed by atoms with Crippen molar-refractivity contribution in [2.45, 2.75) is 25.9 Å². The van der Waals surface area contributed by atoms with Crippen LogP contribution in [0.15, 0.2) is 0 Å². The van der Waals surface area contributed by atoms with Gasteiger partial charge in [-0.2, -0.15) is 0 Å². The standard InChI is InChI=1S/C5H11NO2.ClH/c1-5(2,8)3-4(6)7;/h8H,3H2,1-2H3,(H2,6,7);1H. The zero-order valence-electron chi connectivity index (χ0n) is 5.55. The van der Waals surface area contributed by atoms with Gasteiger partial charge in [-0.1, -0.05) is 0 Å². The minimum absolute atomic E-state index is 0. The highest BCUT2D eigenvalue weighted by atomic mass is 35.5. The molecule has 0 atom stereocenters. The smallest absolute Gasteiger partial charge is 0.220 e. The number of nitrogens with two attached hydrogens (primary N) is 1. The third-order valence-electron chi connectivity index (χ3n) is 0.607. The third-order valence-corrected chi connectivity index (χ3v) is 0.607. The topological polar surface area (TPSA) is 63.3 Å². The molecule has 0 radical (unpaired) electrons. The number of carbonyl (C=O) groups excluding carboxylic acids is 1. The molecule has 0 aromatic heterocycles. The van der Waals surface area contributed by atoms with Crippen LogP contribution in [0.3, 0.4) is 0 Å². The molecule has 0 aliphatic heterocycles. The number of hydrogen-bond donors (Lipinski definition) is 2. The van der Waals surface area contributed by atoms with Gasteiger partial charge < -0.3 is 10.8 Å². The van der Waals surface area contributed by atoms with Crippen LogP contribution >= 0.6 is 12.4 Å². The Morgan fingerprint density at radius 1 is 1.67 bits per heavy atom. The van der Waals surface area contributed by atoms with Gasteiger partial charge in [-0.15, -0.1) is 12.4 Å². The highest BCUT2D eigenvalue weighted by Crippen LogP contribution is 2.04. The van der Waals surface area contributed by atoms with E-state index in [0.717, 1.165) is 0 Å². The Morgan fingerprint density at radius 2 is 2.00 bits per heavy atom. The number of hydrogen-bond acceptors (Lipinski definition) is 2. The summed E-state index contributed by atoms with van der Waals surface area (Å²) < 4.78 is 0. The maximum Gasteiger partial charge on any atom is 0.220 e. The van der Waals surface area contributed by atoms with Crippen LogP contribution < -0.4 is 5.73 Å². The highest BCUT2D eigenvalue weighted by molar-refractivity contribution is 5.85. The van der Waals surface area contributed by atoms with E-state index in [-0.39, 0.29) is 18.8 Å². The van der Waals surface area contributed by atoms with E-state index in [9.17, 15) is 4.79 Å². The van der Waals surface area contributed by atoms with Crippen molar-refractivity contribution < 1.29 is 9.90 Å². The molecular formula is C5H12ClNO2. The second-order valence-electron chi connectivity index (χ2n) is 2.46. The molecule has 3 N–H and O–H groups in total. The number of amides is 1. The second kappa shape index (κ2) is 3.69. The van der Waals surface area contributed by atoms with Gasteiger partial charge in [0.15, 0.2) is 0 Å². The zero-order chi connectivity index (χ0) is 6.78. The van der Waals surface area contributed by atoms with Crippen molar-refractivity contribution in [1.29, 1.82) is 0 Å². The van der Waals surface area contributed by atoms with Crippen molar-refractivity contribution in [1.82, 2.24) is 0 Å². The Bertz CT molecular complexity index is 97.6. The monoisotopic (exact) mass is 153 g/mol. The first-order valence-corrected chi connectivity index (χ1v) is 2.42. The van der Waals surface area contributed by atoms with Crippen molar-refractivity contribution in [2.24, 2.45) is 5.73 Å². The summed E-state index contributed by atoms with van der Waals surface area (Å²) in [6.07, 6.45) is 0.0208. The number of primary amides is 1. The lowest BCUT2D eigenvalue weighted by molar-refractivity contribution is -0.121. The molecule has 56 valence electrons. The summed E-state index contributed by atoms with van der Waals surface area (Å²) in [6.45, 7) is 3.08. The van der Waals surface area contributed by atoms with Crippen LogP contribution in [-0.4, -0.2) is 16.6 Å². The van der Waals surface area contributed by atoms with Crippen molar-refractivity contribution in [3.8, 4) is 0 Å². The maximum absolute atomic E-state index is 10.1. The van der Waals surface area contributed by atoms with Crippen LogP contribution in [0.25, 0.3) is 0 Å². The molecule has 0 saturated heterocycles. The lowest BCUT2D eigenvalue weighted by Gasteiger charge is -2.12. The van der Waals surface area contributed by atoms with Crippen LogP contribution in [0.2, 0.25) is 0 Å². The first-order chi connectivity index (χ1) is 3.42. The van der Waals surface area contributed by atoms with Gasteiger partial charge in [0, 0.05) is 0 Å². The van der Waals surface area contributed by atoms with Gasteiger partial charge in [-0.3, -0.25) is 4.79 Å². The molecule has 0 rings (SSSR count). The van der Waals surface area contributed by atoms with Crippen LogP contribution in [-0.2, 0) is 4.79 Å². The Kier molecular flexibility index (Phi) is 4.72. The summed E-state index contributed by atoms with van der Waals surface area (Å²) in [5.74, 6) is -0.475. The highest BCUT2D eigenvalue weighted by Gasteiger charge is 2.14. The molecule has 0 spiro atoms. The first kappa shape index (κ1) is 11.5. The van der Waals surface area contributed by atoms with Crippen molar-refractivity contribution in [3.63, 3.8) is 0 Å². The van der Waals surface area contributed by atoms with Crippen molar-refractivity contribution in [2.75, 3.05) is 0 Å². The fourth-order valence-electron chi connectivity index (χ4n) is 0.426. The molecule has 0 aliphatic carbocycles. The Morgan fingerprint density at radius 3 is 2.00 bits per heavy atom. The SMILES string of the molecule is CC(C)(O)CC(N)=O.Cl. The number of carbonyl (C=O) groups is 1. The van der Waals surface area contributed by atoms with Gasteiger partial charge in [0.05, 0.1) is 12.0 Å². The van der Waals surface area contributed by atoms with Gasteiger partial charge in [-0.05, 0) is 13.8 Å². The molecular weight excluding hydrogens is 142 g/mol. The lowest BCUT2D eigenvalue weighted by Crippen LogP contribution is -2.27. The average Bonchev–Trinajstić information content (AvgIpc) is 1.21. The molecule has 4 heteroatoms. The van der Waals surface area contributed by atoms with E-state index in [4.69, 9.17) is 10.8 Å². The van der Waals surface area contributed by atoms with E-state index in [1.165, 1.54) is 13.8 Å². The van der Waals surface area contributed by atoms with Gasteiger partial charge in [0.25, 0.3) is 0 Å². The van der Waals surface area contributed by atoms with Crippen LogP contribution in [0.5, 0.6) is 0 Å². The molecule has 0 heterocycles. The predicted molar refractivity (Wildman–Crippen MR) is 37.4 cm³/mol. The van der Waals surface area contributed by atoms with E-state index in [1.807, 2.05) is 0 Å². The van der Waals surface area contributed by atoms with Gasteiger partial charge in [0.1, 0.15) is 0 Å². The predicted octanol–water partition coefficient (Wildman–Crippen LogP) is 0.0545. The van der Waals surface area contributed by atoms with Gasteiger partial charge in [-0.25, -0.2) is 0 Å². The largest absolute Gasteiger partial charge is 0.390 e. The van der Waals surface area contributed by atoms with Crippen LogP contribution in [0.1, 0.15) is 20.3 Å². The normalized spacial score (nSPS) is 10.1. The molecule has 0 aromatic rings. The van der Waals surface area contributed by atoms with Gasteiger partial charge >= 0.3 is 0 Å². The summed E-state index contributed by atoms with van der Waals surface area (Å²) >= 11 is 0. The fraction of sp³-hybridized carbons (Fsp3) is 0.800. The molecule has 0 bridgehead atoms. The number of halogens is 1. The molecule has 1 amide bonds. The summed E-state index contributed by atoms with van der Waals surface area (Å²) in [7, 11) is 0. The molecule has 3 nitrogen and oxygen atoms in total. The molecule has 0 aliphatic rings. The first-order valence-electron chi connectivity index (χ1n) is 2.42. The molecule has 0 unspecified atom stereocenters. The minimum Gasteiger partial charge on any atom is -0.390 e. The van der Waals surface area contributed by atoms with Crippen molar-refractivity contribution >= 4 is 18.3 Å².